The fourth-order valence-electron chi connectivity index (χ4n) is 1.50. The van der Waals surface area contributed by atoms with Crippen LogP contribution in [0.4, 0.5) is 0 Å². The Labute approximate surface area is 81.7 Å². The minimum Gasteiger partial charge on any atom is -0.359 e. The molecule has 0 fully saturated rings. The lowest BCUT2D eigenvalue weighted by atomic mass is 10.1. The molecule has 0 unspecified atom stereocenters. The van der Waals surface area contributed by atoms with Gasteiger partial charge in [-0.1, -0.05) is 11.6 Å². The molecule has 0 aliphatic rings. The third-order valence-electron chi connectivity index (χ3n) is 2.14. The summed E-state index contributed by atoms with van der Waals surface area (Å²) in [6, 6.07) is 6.02. The number of halogens is 1. The van der Waals surface area contributed by atoms with Gasteiger partial charge in [0, 0.05) is 28.2 Å². The average molecular weight is 195 g/mol. The molecule has 0 amide bonds. The third kappa shape index (κ3) is 1.43. The number of rotatable bonds is 1. The molecule has 2 nitrogen and oxygen atoms in total. The lowest BCUT2D eigenvalue weighted by Gasteiger charge is -2.00. The van der Waals surface area contributed by atoms with Crippen LogP contribution >= 0.6 is 11.6 Å². The smallest absolute Gasteiger partial charge is 0.0460 e. The number of hydrogen-bond acceptors (Lipinski definition) is 1. The van der Waals surface area contributed by atoms with Gasteiger partial charge in [0.1, 0.15) is 0 Å². The van der Waals surface area contributed by atoms with E-state index in [-0.39, 0.29) is 0 Å². The zero-order valence-corrected chi connectivity index (χ0v) is 8.15. The highest BCUT2D eigenvalue weighted by atomic mass is 35.5. The zero-order chi connectivity index (χ0) is 9.42. The Balaban J connectivity index is 2.72. The summed E-state index contributed by atoms with van der Waals surface area (Å²) < 4.78 is 0. The normalized spacial score (nSPS) is 11.0. The Morgan fingerprint density at radius 1 is 1.38 bits per heavy atom. The number of aromatic amines is 1. The number of aromatic nitrogens is 1. The second-order valence-electron chi connectivity index (χ2n) is 3.19. The Hall–Kier alpha value is -0.990. The maximum absolute atomic E-state index is 6.02. The van der Waals surface area contributed by atoms with Crippen LogP contribution in [0.2, 0.25) is 5.02 Å². The molecule has 1 heterocycles. The zero-order valence-electron chi connectivity index (χ0n) is 7.39. The van der Waals surface area contributed by atoms with Gasteiger partial charge in [0.2, 0.25) is 0 Å². The van der Waals surface area contributed by atoms with Crippen molar-refractivity contribution < 1.29 is 0 Å². The van der Waals surface area contributed by atoms with Gasteiger partial charge in [-0.25, -0.2) is 0 Å². The van der Waals surface area contributed by atoms with Crippen LogP contribution in [0.3, 0.4) is 0 Å². The number of aryl methyl sites for hydroxylation is 1. The molecule has 0 aliphatic carbocycles. The second kappa shape index (κ2) is 3.05. The van der Waals surface area contributed by atoms with E-state index in [1.54, 1.807) is 0 Å². The Bertz CT molecular complexity index is 445. The molecule has 68 valence electrons. The molecule has 1 aromatic heterocycles. The number of hydrogen-bond donors (Lipinski definition) is 2. The number of nitrogens with one attached hydrogen (secondary N) is 1. The molecule has 13 heavy (non-hydrogen) atoms. The molecule has 0 saturated heterocycles. The highest BCUT2D eigenvalue weighted by Crippen LogP contribution is 2.23. The quantitative estimate of drug-likeness (QED) is 0.720. The summed E-state index contributed by atoms with van der Waals surface area (Å²) >= 11 is 6.02. The van der Waals surface area contributed by atoms with Crippen molar-refractivity contribution in [1.29, 1.82) is 0 Å². The van der Waals surface area contributed by atoms with E-state index in [4.69, 9.17) is 17.3 Å². The van der Waals surface area contributed by atoms with Crippen molar-refractivity contribution in [3.63, 3.8) is 0 Å². The van der Waals surface area contributed by atoms with Crippen molar-refractivity contribution in [2.75, 3.05) is 0 Å². The van der Waals surface area contributed by atoms with Gasteiger partial charge in [0.25, 0.3) is 0 Å². The number of benzene rings is 1. The van der Waals surface area contributed by atoms with E-state index in [1.807, 2.05) is 19.1 Å². The minimum absolute atomic E-state index is 0.479. The number of H-pyrrole nitrogens is 1. The van der Waals surface area contributed by atoms with Crippen LogP contribution < -0.4 is 5.73 Å². The molecule has 3 N–H and O–H groups in total. The average Bonchev–Trinajstić information content (AvgIpc) is 2.42. The highest BCUT2D eigenvalue weighted by Gasteiger charge is 2.03. The molecular weight excluding hydrogens is 184 g/mol. The van der Waals surface area contributed by atoms with E-state index in [0.29, 0.717) is 6.54 Å². The SMILES string of the molecule is Cc1cc2cc(Cl)c(CN)cc2[nH]1. The first kappa shape index (κ1) is 8.60. The molecule has 0 atom stereocenters. The van der Waals surface area contributed by atoms with Crippen LogP contribution in [-0.2, 0) is 6.54 Å². The molecule has 0 bridgehead atoms. The summed E-state index contributed by atoms with van der Waals surface area (Å²) in [7, 11) is 0. The summed E-state index contributed by atoms with van der Waals surface area (Å²) in [6.07, 6.45) is 0. The predicted octanol–water partition coefficient (Wildman–Crippen LogP) is 2.59. The monoisotopic (exact) mass is 194 g/mol. The topological polar surface area (TPSA) is 41.8 Å². The third-order valence-corrected chi connectivity index (χ3v) is 2.49. The first-order valence-corrected chi connectivity index (χ1v) is 4.56. The number of nitrogens with two attached hydrogens (primary N) is 1. The van der Waals surface area contributed by atoms with Crippen molar-refractivity contribution in [3.05, 3.63) is 34.5 Å². The van der Waals surface area contributed by atoms with Gasteiger partial charge in [0.05, 0.1) is 0 Å². The van der Waals surface area contributed by atoms with E-state index < -0.39 is 0 Å². The molecule has 0 saturated carbocycles. The minimum atomic E-state index is 0.479. The molecule has 1 aromatic carbocycles. The van der Waals surface area contributed by atoms with Crippen LogP contribution in [0.15, 0.2) is 18.2 Å². The van der Waals surface area contributed by atoms with Crippen molar-refractivity contribution in [1.82, 2.24) is 4.98 Å². The van der Waals surface area contributed by atoms with Gasteiger partial charge in [0.15, 0.2) is 0 Å². The molecular formula is C10H11ClN2. The van der Waals surface area contributed by atoms with Crippen LogP contribution in [0, 0.1) is 6.92 Å². The Morgan fingerprint density at radius 2 is 2.15 bits per heavy atom. The lowest BCUT2D eigenvalue weighted by Crippen LogP contribution is -1.96. The fraction of sp³-hybridized carbons (Fsp3) is 0.200. The lowest BCUT2D eigenvalue weighted by molar-refractivity contribution is 1.07. The predicted molar refractivity (Wildman–Crippen MR) is 55.9 cm³/mol. The molecule has 0 radical (unpaired) electrons. The summed E-state index contributed by atoms with van der Waals surface area (Å²) in [4.78, 5) is 3.25. The Morgan fingerprint density at radius 3 is 2.85 bits per heavy atom. The van der Waals surface area contributed by atoms with Crippen molar-refractivity contribution in [2.24, 2.45) is 5.73 Å². The molecule has 2 rings (SSSR count). The van der Waals surface area contributed by atoms with Crippen LogP contribution in [-0.4, -0.2) is 4.98 Å². The van der Waals surface area contributed by atoms with E-state index in [1.165, 1.54) is 0 Å². The maximum atomic E-state index is 6.02. The summed E-state index contributed by atoms with van der Waals surface area (Å²) in [5, 5.41) is 1.88. The van der Waals surface area contributed by atoms with Gasteiger partial charge in [-0.2, -0.15) is 0 Å². The van der Waals surface area contributed by atoms with Crippen LogP contribution in [0.1, 0.15) is 11.3 Å². The first-order valence-electron chi connectivity index (χ1n) is 4.18. The van der Waals surface area contributed by atoms with Gasteiger partial charge in [-0.15, -0.1) is 0 Å². The van der Waals surface area contributed by atoms with Crippen molar-refractivity contribution in [3.8, 4) is 0 Å². The summed E-state index contributed by atoms with van der Waals surface area (Å²) in [6.45, 7) is 2.50. The summed E-state index contributed by atoms with van der Waals surface area (Å²) in [5.74, 6) is 0. The first-order chi connectivity index (χ1) is 6.20. The maximum Gasteiger partial charge on any atom is 0.0460 e. The van der Waals surface area contributed by atoms with E-state index >= 15 is 0 Å². The summed E-state index contributed by atoms with van der Waals surface area (Å²) in [5.41, 5.74) is 8.77. The van der Waals surface area contributed by atoms with Gasteiger partial charge in [-0.3, -0.25) is 0 Å². The van der Waals surface area contributed by atoms with Gasteiger partial charge < -0.3 is 10.7 Å². The standard InChI is InChI=1S/C10H11ClN2/c1-6-2-7-3-9(11)8(5-12)4-10(7)13-6/h2-4,13H,5,12H2,1H3. The van der Waals surface area contributed by atoms with Crippen LogP contribution in [0.5, 0.6) is 0 Å². The molecule has 0 aliphatic heterocycles. The molecule has 3 heteroatoms. The largest absolute Gasteiger partial charge is 0.359 e. The fourth-order valence-corrected chi connectivity index (χ4v) is 1.75. The van der Waals surface area contributed by atoms with E-state index in [0.717, 1.165) is 27.2 Å². The van der Waals surface area contributed by atoms with E-state index in [9.17, 15) is 0 Å². The highest BCUT2D eigenvalue weighted by molar-refractivity contribution is 6.32. The van der Waals surface area contributed by atoms with Crippen molar-refractivity contribution >= 4 is 22.5 Å². The van der Waals surface area contributed by atoms with E-state index in [2.05, 4.69) is 11.1 Å². The second-order valence-corrected chi connectivity index (χ2v) is 3.59. The Kier molecular flexibility index (Phi) is 2.02. The van der Waals surface area contributed by atoms with Gasteiger partial charge in [-0.05, 0) is 30.7 Å². The number of fused-ring (bicyclic) bond motifs is 1. The van der Waals surface area contributed by atoms with Gasteiger partial charge >= 0.3 is 0 Å². The van der Waals surface area contributed by atoms with Crippen LogP contribution in [0.25, 0.3) is 10.9 Å². The van der Waals surface area contributed by atoms with Crippen molar-refractivity contribution in [2.45, 2.75) is 13.5 Å². The molecule has 0 spiro atoms. The molecule has 2 aromatic rings.